The molecule has 27 heavy (non-hydrogen) atoms. The van der Waals surface area contributed by atoms with Gasteiger partial charge in [-0.1, -0.05) is 30.3 Å². The Hall–Kier alpha value is -2.31. The normalized spacial score (nSPS) is 14.0. The number of nitrogens with one attached hydrogen (secondary N) is 2. The number of guanidine groups is 1. The molecule has 148 valence electrons. The second kappa shape index (κ2) is 10.1. The van der Waals surface area contributed by atoms with Crippen LogP contribution in [0.4, 0.5) is 0 Å². The maximum atomic E-state index is 10.8. The average Bonchev–Trinajstić information content (AvgIpc) is 2.99. The third-order valence-electron chi connectivity index (χ3n) is 4.16. The van der Waals surface area contributed by atoms with Crippen LogP contribution < -0.4 is 10.6 Å². The quantitative estimate of drug-likeness (QED) is 0.358. The molecule has 0 aliphatic rings. The molecule has 2 aromatic rings. The molecule has 2 rings (SSSR count). The summed E-state index contributed by atoms with van der Waals surface area (Å²) in [5, 5.41) is 17.2. The number of hydrogen-bond donors (Lipinski definition) is 3. The van der Waals surface area contributed by atoms with Crippen molar-refractivity contribution in [3.63, 3.8) is 0 Å². The van der Waals surface area contributed by atoms with E-state index in [2.05, 4.69) is 15.6 Å². The average molecular weight is 373 g/mol. The Morgan fingerprint density at radius 2 is 1.96 bits per heavy atom. The van der Waals surface area contributed by atoms with Crippen molar-refractivity contribution in [2.75, 3.05) is 26.2 Å². The van der Waals surface area contributed by atoms with E-state index in [9.17, 15) is 5.11 Å². The van der Waals surface area contributed by atoms with E-state index in [0.29, 0.717) is 25.7 Å². The van der Waals surface area contributed by atoms with Gasteiger partial charge in [0.2, 0.25) is 0 Å². The summed E-state index contributed by atoms with van der Waals surface area (Å²) in [5.41, 5.74) is 0.833. The van der Waals surface area contributed by atoms with Crippen molar-refractivity contribution in [3.05, 3.63) is 59.0 Å². The first-order valence-corrected chi connectivity index (χ1v) is 9.36. The minimum absolute atomic E-state index is 0.229. The van der Waals surface area contributed by atoms with Gasteiger partial charge in [-0.2, -0.15) is 0 Å². The number of aliphatic hydroxyl groups is 1. The van der Waals surface area contributed by atoms with Gasteiger partial charge < -0.3 is 24.9 Å². The highest BCUT2D eigenvalue weighted by molar-refractivity contribution is 5.79. The molecule has 6 nitrogen and oxygen atoms in total. The number of nitrogens with zero attached hydrogens (tertiary/aromatic N) is 1. The first-order valence-electron chi connectivity index (χ1n) is 9.36. The van der Waals surface area contributed by atoms with Gasteiger partial charge in [0.25, 0.3) is 0 Å². The van der Waals surface area contributed by atoms with E-state index in [0.717, 1.165) is 29.2 Å². The van der Waals surface area contributed by atoms with E-state index in [4.69, 9.17) is 9.15 Å². The number of aryl methyl sites for hydroxylation is 2. The van der Waals surface area contributed by atoms with Gasteiger partial charge in [-0.25, -0.2) is 4.99 Å². The Labute approximate surface area is 161 Å². The predicted octanol–water partition coefficient (Wildman–Crippen LogP) is 2.88. The number of aliphatic imine (C=N–C) groups is 1. The van der Waals surface area contributed by atoms with Crippen LogP contribution in [0.5, 0.6) is 0 Å². The van der Waals surface area contributed by atoms with Crippen LogP contribution in [0, 0.1) is 13.8 Å². The van der Waals surface area contributed by atoms with Gasteiger partial charge in [0, 0.05) is 18.7 Å². The van der Waals surface area contributed by atoms with Gasteiger partial charge in [0.1, 0.15) is 17.1 Å². The summed E-state index contributed by atoms with van der Waals surface area (Å²) in [6, 6.07) is 11.9. The molecule has 1 aromatic carbocycles. The molecule has 6 heteroatoms. The maximum absolute atomic E-state index is 10.8. The van der Waals surface area contributed by atoms with E-state index >= 15 is 0 Å². The Kier molecular flexibility index (Phi) is 7.88. The van der Waals surface area contributed by atoms with Crippen LogP contribution in [0.2, 0.25) is 0 Å². The molecule has 1 unspecified atom stereocenters. The molecule has 0 saturated heterocycles. The number of furan rings is 1. The molecule has 0 aliphatic carbocycles. The van der Waals surface area contributed by atoms with Crippen molar-refractivity contribution < 1.29 is 14.3 Å². The third-order valence-corrected chi connectivity index (χ3v) is 4.16. The first kappa shape index (κ1) is 21.0. The summed E-state index contributed by atoms with van der Waals surface area (Å²) in [6.45, 7) is 10.2. The maximum Gasteiger partial charge on any atom is 0.191 e. The van der Waals surface area contributed by atoms with Crippen molar-refractivity contribution >= 4 is 5.96 Å². The van der Waals surface area contributed by atoms with Crippen LogP contribution in [0.1, 0.15) is 36.5 Å². The SMILES string of the molecule is CCNC(=NCC(C)(O)c1cc(C)oc1C)NCCOCc1ccccc1. The van der Waals surface area contributed by atoms with Crippen molar-refractivity contribution in [1.29, 1.82) is 0 Å². The molecule has 0 bridgehead atoms. The topological polar surface area (TPSA) is 79.0 Å². The van der Waals surface area contributed by atoms with Gasteiger partial charge in [-0.15, -0.1) is 0 Å². The summed E-state index contributed by atoms with van der Waals surface area (Å²) in [4.78, 5) is 4.51. The fraction of sp³-hybridized carbons (Fsp3) is 0.476. The largest absolute Gasteiger partial charge is 0.466 e. The zero-order valence-corrected chi connectivity index (χ0v) is 16.7. The van der Waals surface area contributed by atoms with Crippen LogP contribution in [-0.2, 0) is 16.9 Å². The minimum Gasteiger partial charge on any atom is -0.466 e. The van der Waals surface area contributed by atoms with Crippen molar-refractivity contribution in [2.45, 2.75) is 39.9 Å². The molecule has 1 heterocycles. The fourth-order valence-electron chi connectivity index (χ4n) is 2.83. The standard InChI is InChI=1S/C21H31N3O3/c1-5-22-20(23-11-12-26-14-18-9-7-6-8-10-18)24-15-21(4,25)19-13-16(2)27-17(19)3/h6-10,13,25H,5,11-12,14-15H2,1-4H3,(H2,22,23,24). The number of benzene rings is 1. The Bertz CT molecular complexity index is 724. The van der Waals surface area contributed by atoms with Crippen LogP contribution in [-0.4, -0.2) is 37.3 Å². The zero-order chi connectivity index (χ0) is 19.7. The molecule has 0 radical (unpaired) electrons. The Balaban J connectivity index is 1.83. The molecule has 1 atom stereocenters. The van der Waals surface area contributed by atoms with Crippen LogP contribution in [0.25, 0.3) is 0 Å². The molecule has 0 amide bonds. The summed E-state index contributed by atoms with van der Waals surface area (Å²) < 4.78 is 11.2. The molecular weight excluding hydrogens is 342 g/mol. The van der Waals surface area contributed by atoms with Gasteiger partial charge in [-0.05, 0) is 39.3 Å². The first-order chi connectivity index (χ1) is 12.9. The summed E-state index contributed by atoms with van der Waals surface area (Å²) in [6.07, 6.45) is 0. The summed E-state index contributed by atoms with van der Waals surface area (Å²) >= 11 is 0. The summed E-state index contributed by atoms with van der Waals surface area (Å²) in [5.74, 6) is 2.16. The lowest BCUT2D eigenvalue weighted by Gasteiger charge is -2.21. The molecule has 3 N–H and O–H groups in total. The molecule has 0 saturated carbocycles. The van der Waals surface area contributed by atoms with Gasteiger partial charge in [-0.3, -0.25) is 0 Å². The number of hydrogen-bond acceptors (Lipinski definition) is 4. The van der Waals surface area contributed by atoms with E-state index in [1.807, 2.05) is 57.2 Å². The fourth-order valence-corrected chi connectivity index (χ4v) is 2.83. The lowest BCUT2D eigenvalue weighted by atomic mass is 9.96. The summed E-state index contributed by atoms with van der Waals surface area (Å²) in [7, 11) is 0. The van der Waals surface area contributed by atoms with E-state index < -0.39 is 5.60 Å². The van der Waals surface area contributed by atoms with E-state index in [-0.39, 0.29) is 6.54 Å². The van der Waals surface area contributed by atoms with Crippen LogP contribution >= 0.6 is 0 Å². The van der Waals surface area contributed by atoms with Gasteiger partial charge in [0.05, 0.1) is 19.8 Å². The van der Waals surface area contributed by atoms with E-state index in [1.54, 1.807) is 6.92 Å². The molecule has 0 spiro atoms. The molecule has 0 fully saturated rings. The van der Waals surface area contributed by atoms with Crippen LogP contribution in [0.15, 0.2) is 45.8 Å². The number of ether oxygens (including phenoxy) is 1. The van der Waals surface area contributed by atoms with Crippen molar-refractivity contribution in [2.24, 2.45) is 4.99 Å². The minimum atomic E-state index is -1.09. The zero-order valence-electron chi connectivity index (χ0n) is 16.7. The molecular formula is C21H31N3O3. The highest BCUT2D eigenvalue weighted by atomic mass is 16.5. The lowest BCUT2D eigenvalue weighted by molar-refractivity contribution is 0.0656. The highest BCUT2D eigenvalue weighted by Gasteiger charge is 2.27. The third kappa shape index (κ3) is 6.73. The second-order valence-corrected chi connectivity index (χ2v) is 6.76. The molecule has 1 aromatic heterocycles. The predicted molar refractivity (Wildman–Crippen MR) is 108 cm³/mol. The van der Waals surface area contributed by atoms with Crippen molar-refractivity contribution in [3.8, 4) is 0 Å². The second-order valence-electron chi connectivity index (χ2n) is 6.76. The smallest absolute Gasteiger partial charge is 0.191 e. The Morgan fingerprint density at radius 1 is 1.22 bits per heavy atom. The van der Waals surface area contributed by atoms with Crippen molar-refractivity contribution in [1.82, 2.24) is 10.6 Å². The van der Waals surface area contributed by atoms with Gasteiger partial charge >= 0.3 is 0 Å². The van der Waals surface area contributed by atoms with Gasteiger partial charge in [0.15, 0.2) is 5.96 Å². The Morgan fingerprint density at radius 3 is 2.59 bits per heavy atom. The number of rotatable bonds is 9. The lowest BCUT2D eigenvalue weighted by Crippen LogP contribution is -2.40. The highest BCUT2D eigenvalue weighted by Crippen LogP contribution is 2.27. The van der Waals surface area contributed by atoms with E-state index in [1.165, 1.54) is 0 Å². The molecule has 0 aliphatic heterocycles. The van der Waals surface area contributed by atoms with Crippen LogP contribution in [0.3, 0.4) is 0 Å². The monoisotopic (exact) mass is 373 g/mol.